The normalized spacial score (nSPS) is 11.1. The molecule has 0 radical (unpaired) electrons. The molecule has 0 spiro atoms. The molecule has 8 heteroatoms. The van der Waals surface area contributed by atoms with Crippen molar-refractivity contribution >= 4 is 17.5 Å². The van der Waals surface area contributed by atoms with Gasteiger partial charge in [-0.15, -0.1) is 0 Å². The highest BCUT2D eigenvalue weighted by Crippen LogP contribution is 2.25. The molecule has 1 aromatic carbocycles. The molecule has 88 valence electrons. The second-order valence-corrected chi connectivity index (χ2v) is 3.08. The molecule has 1 aromatic rings. The zero-order valence-electron chi connectivity index (χ0n) is 7.64. The van der Waals surface area contributed by atoms with Crippen LogP contribution in [0, 0.1) is 5.82 Å². The molecule has 3 N–H and O–H groups in total. The Labute approximate surface area is 93.1 Å². The number of carbonyl (C=O) groups excluding carboxylic acids is 1. The quantitative estimate of drug-likeness (QED) is 0.487. The smallest absolute Gasteiger partial charge is 0.425 e. The number of hydrogen-bond acceptors (Lipinski definition) is 3. The molecule has 0 aliphatic heterocycles. The monoisotopic (exact) mass is 254 g/mol. The summed E-state index contributed by atoms with van der Waals surface area (Å²) in [6.07, 6.45) is -4.19. The van der Waals surface area contributed by atoms with E-state index in [0.29, 0.717) is 6.07 Å². The summed E-state index contributed by atoms with van der Waals surface area (Å²) in [5, 5.41) is -0.251. The fourth-order valence-electron chi connectivity index (χ4n) is 0.819. The predicted molar refractivity (Wildman–Crippen MR) is 49.3 cm³/mol. The summed E-state index contributed by atoms with van der Waals surface area (Å²) in [6.45, 7) is 0. The summed E-state index contributed by atoms with van der Waals surface area (Å²) >= 11 is 5.32. The first kappa shape index (κ1) is 12.6. The van der Waals surface area contributed by atoms with Crippen LogP contribution in [0.2, 0.25) is 5.02 Å². The maximum absolute atomic E-state index is 12.9. The van der Waals surface area contributed by atoms with E-state index >= 15 is 0 Å². The van der Waals surface area contributed by atoms with Crippen LogP contribution in [0.3, 0.4) is 0 Å². The lowest BCUT2D eigenvalue weighted by atomic mass is 10.3. The molecule has 0 bridgehead atoms. The fourth-order valence-corrected chi connectivity index (χ4v) is 0.936. The van der Waals surface area contributed by atoms with Crippen molar-refractivity contribution in [3.8, 4) is 5.75 Å². The number of ether oxygens (including phenoxy) is 1. The SMILES string of the molecule is NNC(=O)C(F)(F)Oc1ccc(Cl)c(F)c1. The largest absolute Gasteiger partial charge is 0.483 e. The van der Waals surface area contributed by atoms with Crippen molar-refractivity contribution in [2.45, 2.75) is 6.11 Å². The van der Waals surface area contributed by atoms with Gasteiger partial charge in [0.2, 0.25) is 0 Å². The van der Waals surface area contributed by atoms with E-state index in [1.165, 1.54) is 5.43 Å². The number of nitrogens with one attached hydrogen (secondary N) is 1. The number of alkyl halides is 2. The Morgan fingerprint density at radius 3 is 2.62 bits per heavy atom. The van der Waals surface area contributed by atoms with Crippen LogP contribution < -0.4 is 16.0 Å². The van der Waals surface area contributed by atoms with Gasteiger partial charge >= 0.3 is 12.0 Å². The van der Waals surface area contributed by atoms with E-state index < -0.39 is 23.6 Å². The van der Waals surface area contributed by atoms with E-state index in [4.69, 9.17) is 11.6 Å². The highest BCUT2D eigenvalue weighted by molar-refractivity contribution is 6.30. The van der Waals surface area contributed by atoms with Gasteiger partial charge in [-0.25, -0.2) is 10.2 Å². The highest BCUT2D eigenvalue weighted by atomic mass is 35.5. The first-order valence-corrected chi connectivity index (χ1v) is 4.27. The fraction of sp³-hybridized carbons (Fsp3) is 0.125. The van der Waals surface area contributed by atoms with Crippen molar-refractivity contribution < 1.29 is 22.7 Å². The maximum Gasteiger partial charge on any atom is 0.483 e. The number of benzene rings is 1. The average Bonchev–Trinajstić information content (AvgIpc) is 2.22. The van der Waals surface area contributed by atoms with E-state index in [1.54, 1.807) is 0 Å². The summed E-state index contributed by atoms with van der Waals surface area (Å²) in [5.74, 6) is 1.18. The van der Waals surface area contributed by atoms with Gasteiger partial charge in [0.05, 0.1) is 5.02 Å². The summed E-state index contributed by atoms with van der Waals surface area (Å²) in [4.78, 5) is 10.6. The molecule has 1 rings (SSSR count). The molecule has 0 saturated heterocycles. The Hall–Kier alpha value is -1.47. The van der Waals surface area contributed by atoms with Crippen molar-refractivity contribution in [3.05, 3.63) is 29.0 Å². The molecular weight excluding hydrogens is 249 g/mol. The molecular formula is C8H6ClF3N2O2. The number of nitrogens with two attached hydrogens (primary N) is 1. The molecule has 0 aliphatic carbocycles. The zero-order chi connectivity index (χ0) is 12.3. The van der Waals surface area contributed by atoms with E-state index in [9.17, 15) is 18.0 Å². The van der Waals surface area contributed by atoms with Crippen LogP contribution in [-0.2, 0) is 4.79 Å². The van der Waals surface area contributed by atoms with Crippen LogP contribution in [0.15, 0.2) is 18.2 Å². The third-order valence-electron chi connectivity index (χ3n) is 1.53. The lowest BCUT2D eigenvalue weighted by molar-refractivity contribution is -0.192. The lowest BCUT2D eigenvalue weighted by Gasteiger charge is -2.15. The summed E-state index contributed by atoms with van der Waals surface area (Å²) < 4.78 is 42.6. The van der Waals surface area contributed by atoms with Crippen molar-refractivity contribution in [2.75, 3.05) is 0 Å². The van der Waals surface area contributed by atoms with E-state index in [1.807, 2.05) is 0 Å². The van der Waals surface area contributed by atoms with Gasteiger partial charge in [-0.05, 0) is 12.1 Å². The van der Waals surface area contributed by atoms with Crippen LogP contribution in [0.5, 0.6) is 5.75 Å². The minimum Gasteiger partial charge on any atom is -0.425 e. The second-order valence-electron chi connectivity index (χ2n) is 2.67. The van der Waals surface area contributed by atoms with Gasteiger partial charge in [0.1, 0.15) is 11.6 Å². The number of hydrazine groups is 1. The van der Waals surface area contributed by atoms with Crippen LogP contribution in [0.4, 0.5) is 13.2 Å². The van der Waals surface area contributed by atoms with Crippen molar-refractivity contribution in [2.24, 2.45) is 5.84 Å². The molecule has 0 atom stereocenters. The predicted octanol–water partition coefficient (Wildman–Crippen LogP) is 1.44. The van der Waals surface area contributed by atoms with Crippen molar-refractivity contribution in [1.29, 1.82) is 0 Å². The summed E-state index contributed by atoms with van der Waals surface area (Å²) in [7, 11) is 0. The van der Waals surface area contributed by atoms with E-state index in [-0.39, 0.29) is 5.02 Å². The highest BCUT2D eigenvalue weighted by Gasteiger charge is 2.41. The Morgan fingerprint density at radius 2 is 2.12 bits per heavy atom. The van der Waals surface area contributed by atoms with Gasteiger partial charge in [0.25, 0.3) is 0 Å². The maximum atomic E-state index is 12.9. The molecule has 4 nitrogen and oxygen atoms in total. The van der Waals surface area contributed by atoms with E-state index in [0.717, 1.165) is 12.1 Å². The molecule has 0 aliphatic rings. The number of rotatable bonds is 3. The third-order valence-corrected chi connectivity index (χ3v) is 1.84. The minimum atomic E-state index is -4.19. The molecule has 16 heavy (non-hydrogen) atoms. The van der Waals surface area contributed by atoms with Crippen LogP contribution in [-0.4, -0.2) is 12.0 Å². The second kappa shape index (κ2) is 4.58. The standard InChI is InChI=1S/C8H6ClF3N2O2/c9-5-2-1-4(3-6(5)10)16-8(11,12)7(15)14-13/h1-3H,13H2,(H,14,15). The topological polar surface area (TPSA) is 64.3 Å². The third kappa shape index (κ3) is 2.77. The number of halogens is 4. The number of amides is 1. The van der Waals surface area contributed by atoms with Gasteiger partial charge in [0.15, 0.2) is 0 Å². The van der Waals surface area contributed by atoms with Crippen molar-refractivity contribution in [3.63, 3.8) is 0 Å². The van der Waals surface area contributed by atoms with Gasteiger partial charge in [-0.2, -0.15) is 8.78 Å². The van der Waals surface area contributed by atoms with E-state index in [2.05, 4.69) is 10.6 Å². The Kier molecular flexibility index (Phi) is 3.61. The minimum absolute atomic E-state index is 0.251. The van der Waals surface area contributed by atoms with Gasteiger partial charge in [-0.1, -0.05) is 11.6 Å². The van der Waals surface area contributed by atoms with Crippen LogP contribution in [0.1, 0.15) is 0 Å². The number of hydrogen-bond donors (Lipinski definition) is 2. The Bertz CT molecular complexity index is 414. The summed E-state index contributed by atoms with van der Waals surface area (Å²) in [5.41, 5.74) is 1.22. The van der Waals surface area contributed by atoms with Gasteiger partial charge in [0, 0.05) is 6.07 Å². The zero-order valence-corrected chi connectivity index (χ0v) is 8.39. The summed E-state index contributed by atoms with van der Waals surface area (Å²) in [6, 6.07) is 2.63. The molecule has 0 saturated carbocycles. The van der Waals surface area contributed by atoms with Crippen LogP contribution >= 0.6 is 11.6 Å². The van der Waals surface area contributed by atoms with Gasteiger partial charge in [-0.3, -0.25) is 10.2 Å². The number of carbonyl (C=O) groups is 1. The van der Waals surface area contributed by atoms with Gasteiger partial charge < -0.3 is 4.74 Å². The molecule has 0 aromatic heterocycles. The first-order chi connectivity index (χ1) is 7.36. The molecule has 1 amide bonds. The van der Waals surface area contributed by atoms with Crippen molar-refractivity contribution in [1.82, 2.24) is 5.43 Å². The Morgan fingerprint density at radius 1 is 1.50 bits per heavy atom. The Balaban J connectivity index is 2.88. The van der Waals surface area contributed by atoms with Crippen LogP contribution in [0.25, 0.3) is 0 Å². The first-order valence-electron chi connectivity index (χ1n) is 3.90. The molecule has 0 unspecified atom stereocenters. The lowest BCUT2D eigenvalue weighted by Crippen LogP contribution is -2.47. The molecule has 0 heterocycles. The molecule has 0 fully saturated rings. The average molecular weight is 255 g/mol.